The highest BCUT2D eigenvalue weighted by molar-refractivity contribution is 5.98. The molecule has 0 aromatic heterocycles. The number of nitrogens with one attached hydrogen (secondary N) is 2. The summed E-state index contributed by atoms with van der Waals surface area (Å²) in [6, 6.07) is 12.5. The SMILES string of the molecule is C=C1NC(=C)C(C)(/C=C/c2ccc(F)cc2)N1.CCc1ccc2c(c1)C(=O)N(C)C2. The first kappa shape index (κ1) is 21.4. The molecule has 2 N–H and O–H groups in total. The van der Waals surface area contributed by atoms with E-state index < -0.39 is 0 Å². The molecule has 1 unspecified atom stereocenters. The Balaban J connectivity index is 0.000000177. The van der Waals surface area contributed by atoms with Crippen LogP contribution in [0.1, 0.15) is 40.9 Å². The van der Waals surface area contributed by atoms with Gasteiger partial charge in [-0.3, -0.25) is 4.79 Å². The first-order chi connectivity index (χ1) is 14.2. The lowest BCUT2D eigenvalue weighted by molar-refractivity contribution is 0.0816. The molecule has 4 nitrogen and oxygen atoms in total. The average molecular weight is 406 g/mol. The number of halogens is 1. The minimum absolute atomic E-state index is 0.158. The third-order valence-corrected chi connectivity index (χ3v) is 5.39. The largest absolute Gasteiger partial charge is 0.358 e. The van der Waals surface area contributed by atoms with Crippen molar-refractivity contribution in [2.24, 2.45) is 0 Å². The van der Waals surface area contributed by atoms with Gasteiger partial charge in [0.25, 0.3) is 5.91 Å². The molecule has 2 aromatic rings. The van der Waals surface area contributed by atoms with Gasteiger partial charge in [-0.15, -0.1) is 0 Å². The molecule has 2 aliphatic heterocycles. The van der Waals surface area contributed by atoms with Crippen LogP contribution in [0.2, 0.25) is 0 Å². The number of carbonyl (C=O) groups is 1. The van der Waals surface area contributed by atoms with E-state index in [0.29, 0.717) is 0 Å². The second-order valence-corrected chi connectivity index (χ2v) is 7.80. The number of rotatable bonds is 3. The topological polar surface area (TPSA) is 44.4 Å². The molecule has 1 amide bonds. The van der Waals surface area contributed by atoms with Crippen LogP contribution in [0.15, 0.2) is 73.2 Å². The van der Waals surface area contributed by atoms with E-state index >= 15 is 0 Å². The number of aryl methyl sites for hydroxylation is 1. The van der Waals surface area contributed by atoms with Crippen molar-refractivity contribution < 1.29 is 9.18 Å². The van der Waals surface area contributed by atoms with Gasteiger partial charge in [-0.05, 0) is 48.2 Å². The minimum Gasteiger partial charge on any atom is -0.358 e. The van der Waals surface area contributed by atoms with Crippen molar-refractivity contribution in [2.75, 3.05) is 7.05 Å². The highest BCUT2D eigenvalue weighted by Gasteiger charge is 2.31. The zero-order chi connectivity index (χ0) is 21.9. The number of benzene rings is 2. The Morgan fingerprint density at radius 2 is 1.90 bits per heavy atom. The quantitative estimate of drug-likeness (QED) is 0.784. The zero-order valence-electron chi connectivity index (χ0n) is 17.8. The van der Waals surface area contributed by atoms with Gasteiger partial charge in [-0.2, -0.15) is 0 Å². The van der Waals surface area contributed by atoms with E-state index in [1.54, 1.807) is 17.0 Å². The summed E-state index contributed by atoms with van der Waals surface area (Å²) in [6.45, 7) is 12.6. The summed E-state index contributed by atoms with van der Waals surface area (Å²) in [7, 11) is 1.84. The van der Waals surface area contributed by atoms with Gasteiger partial charge in [-0.1, -0.05) is 56.5 Å². The average Bonchev–Trinajstić information content (AvgIpc) is 3.15. The molecule has 4 rings (SSSR count). The van der Waals surface area contributed by atoms with E-state index in [4.69, 9.17) is 0 Å². The van der Waals surface area contributed by atoms with Crippen LogP contribution in [0.5, 0.6) is 0 Å². The molecule has 2 heterocycles. The van der Waals surface area contributed by atoms with Gasteiger partial charge in [0, 0.05) is 24.9 Å². The van der Waals surface area contributed by atoms with Crippen LogP contribution >= 0.6 is 0 Å². The summed E-state index contributed by atoms with van der Waals surface area (Å²) < 4.78 is 12.7. The molecule has 1 fully saturated rings. The summed E-state index contributed by atoms with van der Waals surface area (Å²) in [5.41, 5.74) is 4.72. The normalized spacial score (nSPS) is 20.0. The Morgan fingerprint density at radius 3 is 2.50 bits per heavy atom. The van der Waals surface area contributed by atoms with Gasteiger partial charge in [0.2, 0.25) is 0 Å². The van der Waals surface area contributed by atoms with Crippen LogP contribution in [-0.4, -0.2) is 23.4 Å². The third kappa shape index (κ3) is 4.62. The molecule has 0 spiro atoms. The molecule has 30 heavy (non-hydrogen) atoms. The van der Waals surface area contributed by atoms with E-state index in [1.807, 2.05) is 32.2 Å². The molecule has 0 radical (unpaired) electrons. The summed E-state index contributed by atoms with van der Waals surface area (Å²) in [5.74, 6) is 0.665. The summed E-state index contributed by atoms with van der Waals surface area (Å²) in [4.78, 5) is 13.3. The van der Waals surface area contributed by atoms with Crippen LogP contribution in [0.3, 0.4) is 0 Å². The summed E-state index contributed by atoms with van der Waals surface area (Å²) in [6.07, 6.45) is 4.90. The second kappa shape index (κ2) is 8.57. The van der Waals surface area contributed by atoms with Crippen LogP contribution < -0.4 is 10.6 Å². The number of fused-ring (bicyclic) bond motifs is 1. The maximum Gasteiger partial charge on any atom is 0.254 e. The number of hydrogen-bond donors (Lipinski definition) is 2. The predicted octanol–water partition coefficient (Wildman–Crippen LogP) is 4.61. The van der Waals surface area contributed by atoms with Gasteiger partial charge in [0.15, 0.2) is 0 Å². The van der Waals surface area contributed by atoms with Crippen LogP contribution in [0, 0.1) is 5.82 Å². The fourth-order valence-corrected chi connectivity index (χ4v) is 3.42. The Labute approximate surface area is 177 Å². The molecule has 2 aliphatic rings. The Kier molecular flexibility index (Phi) is 6.11. The van der Waals surface area contributed by atoms with Crippen molar-refractivity contribution in [1.29, 1.82) is 0 Å². The Hall–Kier alpha value is -3.34. The Bertz CT molecular complexity index is 1010. The van der Waals surface area contributed by atoms with Gasteiger partial charge < -0.3 is 15.5 Å². The van der Waals surface area contributed by atoms with Crippen molar-refractivity contribution in [3.05, 3.63) is 101 Å². The summed E-state index contributed by atoms with van der Waals surface area (Å²) in [5, 5.41) is 6.24. The summed E-state index contributed by atoms with van der Waals surface area (Å²) >= 11 is 0. The highest BCUT2D eigenvalue weighted by atomic mass is 19.1. The van der Waals surface area contributed by atoms with Crippen LogP contribution in [0.4, 0.5) is 4.39 Å². The molecule has 2 aromatic carbocycles. The van der Waals surface area contributed by atoms with Gasteiger partial charge >= 0.3 is 0 Å². The van der Waals surface area contributed by atoms with Crippen LogP contribution in [0.25, 0.3) is 6.08 Å². The molecular formula is C25H28FN3O. The van der Waals surface area contributed by atoms with Gasteiger partial charge in [0.05, 0.1) is 11.4 Å². The molecule has 0 saturated carbocycles. The molecule has 0 bridgehead atoms. The maximum absolute atomic E-state index is 12.7. The lowest BCUT2D eigenvalue weighted by Crippen LogP contribution is -2.34. The van der Waals surface area contributed by atoms with Crippen molar-refractivity contribution in [3.63, 3.8) is 0 Å². The smallest absolute Gasteiger partial charge is 0.254 e. The maximum atomic E-state index is 12.7. The van der Waals surface area contributed by atoms with E-state index in [2.05, 4.69) is 42.8 Å². The van der Waals surface area contributed by atoms with Crippen LogP contribution in [-0.2, 0) is 13.0 Å². The van der Waals surface area contributed by atoms with E-state index in [1.165, 1.54) is 17.7 Å². The first-order valence-electron chi connectivity index (χ1n) is 9.97. The molecule has 1 saturated heterocycles. The van der Waals surface area contributed by atoms with Gasteiger partial charge in [-0.25, -0.2) is 4.39 Å². The predicted molar refractivity (Wildman–Crippen MR) is 120 cm³/mol. The lowest BCUT2D eigenvalue weighted by Gasteiger charge is -2.19. The van der Waals surface area contributed by atoms with Gasteiger partial charge in [0.1, 0.15) is 5.82 Å². The number of nitrogens with zero attached hydrogens (tertiary/aromatic N) is 1. The van der Waals surface area contributed by atoms with E-state index in [-0.39, 0.29) is 17.3 Å². The number of carbonyl (C=O) groups excluding carboxylic acids is 1. The third-order valence-electron chi connectivity index (χ3n) is 5.39. The van der Waals surface area contributed by atoms with E-state index in [0.717, 1.165) is 41.2 Å². The monoisotopic (exact) mass is 405 g/mol. The molecule has 156 valence electrons. The second-order valence-electron chi connectivity index (χ2n) is 7.80. The van der Waals surface area contributed by atoms with Crippen molar-refractivity contribution in [1.82, 2.24) is 15.5 Å². The fourth-order valence-electron chi connectivity index (χ4n) is 3.42. The number of hydrogen-bond acceptors (Lipinski definition) is 3. The molecular weight excluding hydrogens is 377 g/mol. The van der Waals surface area contributed by atoms with Crippen molar-refractivity contribution in [2.45, 2.75) is 32.4 Å². The number of amides is 1. The fraction of sp³-hybridized carbons (Fsp3) is 0.240. The minimum atomic E-state index is -0.356. The first-order valence-corrected chi connectivity index (χ1v) is 9.97. The lowest BCUT2D eigenvalue weighted by atomic mass is 9.99. The highest BCUT2D eigenvalue weighted by Crippen LogP contribution is 2.24. The van der Waals surface area contributed by atoms with Crippen molar-refractivity contribution >= 4 is 12.0 Å². The zero-order valence-corrected chi connectivity index (χ0v) is 17.8. The standard InChI is InChI=1S/C14H15FN2.C11H13NO/c1-10-14(3,17-11(2)16-10)9-8-12-4-6-13(15)7-5-12;1-3-8-4-5-9-7-12(2)11(13)10(9)6-8/h4-9,16-17H,1-2H2,3H3;4-6H,3,7H2,1-2H3/b9-8+;. The molecule has 0 aliphatic carbocycles. The van der Waals surface area contributed by atoms with Crippen molar-refractivity contribution in [3.8, 4) is 0 Å². The molecule has 5 heteroatoms. The van der Waals surface area contributed by atoms with E-state index in [9.17, 15) is 9.18 Å². The molecule has 1 atom stereocenters. The Morgan fingerprint density at radius 1 is 1.20 bits per heavy atom.